The quantitative estimate of drug-likeness (QED) is 0.465. The summed E-state index contributed by atoms with van der Waals surface area (Å²) >= 11 is 6.20. The van der Waals surface area contributed by atoms with Crippen LogP contribution in [0.15, 0.2) is 65.6 Å². The predicted molar refractivity (Wildman–Crippen MR) is 120 cm³/mol. The van der Waals surface area contributed by atoms with E-state index in [9.17, 15) is 13.2 Å². The van der Waals surface area contributed by atoms with Crippen LogP contribution in [-0.4, -0.2) is 20.4 Å². The maximum Gasteiger partial charge on any atom is 0.257 e. The molecule has 0 heterocycles. The second-order valence-electron chi connectivity index (χ2n) is 7.58. The van der Waals surface area contributed by atoms with Crippen molar-refractivity contribution >= 4 is 33.2 Å². The summed E-state index contributed by atoms with van der Waals surface area (Å²) in [6.45, 7) is 3.46. The fraction of sp³-hybridized carbons (Fsp3) is 0.174. The zero-order valence-electron chi connectivity index (χ0n) is 16.6. The lowest BCUT2D eigenvalue weighted by molar-refractivity contribution is 0.102. The van der Waals surface area contributed by atoms with Gasteiger partial charge in [-0.05, 0) is 72.9 Å². The molecule has 1 aliphatic carbocycles. The van der Waals surface area contributed by atoms with Gasteiger partial charge in [0.25, 0.3) is 5.91 Å². The Morgan fingerprint density at radius 3 is 2.47 bits per heavy atom. The molecule has 2 N–H and O–H groups in total. The lowest BCUT2D eigenvalue weighted by Gasteiger charge is -2.12. The van der Waals surface area contributed by atoms with E-state index in [2.05, 4.69) is 22.2 Å². The fourth-order valence-electron chi connectivity index (χ4n) is 3.62. The van der Waals surface area contributed by atoms with E-state index in [4.69, 9.17) is 11.6 Å². The maximum atomic E-state index is 12.9. The van der Waals surface area contributed by atoms with Crippen LogP contribution in [0.1, 0.15) is 35.3 Å². The van der Waals surface area contributed by atoms with E-state index in [1.807, 2.05) is 30.3 Å². The van der Waals surface area contributed by atoms with Crippen LogP contribution in [0.5, 0.6) is 0 Å². The van der Waals surface area contributed by atoms with Crippen LogP contribution >= 0.6 is 11.6 Å². The van der Waals surface area contributed by atoms with Crippen molar-refractivity contribution in [3.63, 3.8) is 0 Å². The minimum Gasteiger partial charge on any atom is -0.322 e. The van der Waals surface area contributed by atoms with Gasteiger partial charge in [-0.15, -0.1) is 0 Å². The summed E-state index contributed by atoms with van der Waals surface area (Å²) in [4.78, 5) is 12.9. The number of nitrogens with one attached hydrogen (secondary N) is 2. The number of amides is 1. The molecule has 7 heteroatoms. The van der Waals surface area contributed by atoms with Crippen molar-refractivity contribution in [2.45, 2.75) is 31.2 Å². The Morgan fingerprint density at radius 1 is 0.967 bits per heavy atom. The van der Waals surface area contributed by atoms with E-state index in [0.29, 0.717) is 5.69 Å². The third-order valence-electron chi connectivity index (χ3n) is 4.94. The summed E-state index contributed by atoms with van der Waals surface area (Å²) in [6.07, 6.45) is 0.869. The first-order chi connectivity index (χ1) is 14.2. The average molecular weight is 441 g/mol. The van der Waals surface area contributed by atoms with Gasteiger partial charge in [-0.3, -0.25) is 4.79 Å². The van der Waals surface area contributed by atoms with E-state index in [1.165, 1.54) is 29.3 Å². The Balaban J connectivity index is 1.62. The summed E-state index contributed by atoms with van der Waals surface area (Å²) < 4.78 is 27.4. The van der Waals surface area contributed by atoms with Crippen molar-refractivity contribution in [3.05, 3.63) is 82.4 Å². The Bertz CT molecular complexity index is 1250. The molecule has 0 aromatic heterocycles. The number of sulfonamides is 1. The van der Waals surface area contributed by atoms with Gasteiger partial charge in [-0.1, -0.05) is 41.9 Å². The molecule has 0 fully saturated rings. The van der Waals surface area contributed by atoms with Gasteiger partial charge in [0, 0.05) is 11.7 Å². The van der Waals surface area contributed by atoms with Crippen molar-refractivity contribution in [3.8, 4) is 11.1 Å². The molecule has 0 unspecified atom stereocenters. The first kappa shape index (κ1) is 20.6. The van der Waals surface area contributed by atoms with E-state index in [1.54, 1.807) is 13.8 Å². The number of fused-ring (bicyclic) bond motifs is 3. The SMILES string of the molecule is CC(C)NS(=O)(=O)c1ccc(Cl)c(C(=O)Nc2ccc3c(c2)-c2ccccc2C3)c1. The van der Waals surface area contributed by atoms with Crippen molar-refractivity contribution in [2.24, 2.45) is 0 Å². The van der Waals surface area contributed by atoms with Crippen LogP contribution in [0.3, 0.4) is 0 Å². The van der Waals surface area contributed by atoms with Crippen molar-refractivity contribution in [2.75, 3.05) is 5.32 Å². The van der Waals surface area contributed by atoms with Crippen molar-refractivity contribution in [1.82, 2.24) is 4.72 Å². The van der Waals surface area contributed by atoms with Gasteiger partial charge < -0.3 is 5.32 Å². The van der Waals surface area contributed by atoms with Gasteiger partial charge >= 0.3 is 0 Å². The lowest BCUT2D eigenvalue weighted by Crippen LogP contribution is -2.30. The molecule has 0 aliphatic heterocycles. The minimum atomic E-state index is -3.74. The number of hydrogen-bond acceptors (Lipinski definition) is 3. The van der Waals surface area contributed by atoms with E-state index < -0.39 is 15.9 Å². The number of carbonyl (C=O) groups excluding carboxylic acids is 1. The van der Waals surface area contributed by atoms with Gasteiger partial charge in [0.2, 0.25) is 10.0 Å². The number of benzene rings is 3. The maximum absolute atomic E-state index is 12.9. The second kappa shape index (κ2) is 7.87. The summed E-state index contributed by atoms with van der Waals surface area (Å²) in [5, 5.41) is 3.02. The number of carbonyl (C=O) groups is 1. The minimum absolute atomic E-state index is 0.00590. The van der Waals surface area contributed by atoms with Gasteiger partial charge in [0.15, 0.2) is 0 Å². The summed E-state index contributed by atoms with van der Waals surface area (Å²) in [6, 6.07) is 17.8. The van der Waals surface area contributed by atoms with Crippen molar-refractivity contribution < 1.29 is 13.2 Å². The summed E-state index contributed by atoms with van der Waals surface area (Å²) in [7, 11) is -3.74. The largest absolute Gasteiger partial charge is 0.322 e. The number of anilines is 1. The van der Waals surface area contributed by atoms with Crippen LogP contribution in [-0.2, 0) is 16.4 Å². The highest BCUT2D eigenvalue weighted by atomic mass is 35.5. The van der Waals surface area contributed by atoms with Crippen molar-refractivity contribution in [1.29, 1.82) is 0 Å². The van der Waals surface area contributed by atoms with Gasteiger partial charge in [-0.25, -0.2) is 13.1 Å². The Hall–Kier alpha value is -2.67. The third-order valence-corrected chi connectivity index (χ3v) is 6.93. The van der Waals surface area contributed by atoms with E-state index in [-0.39, 0.29) is 21.5 Å². The highest BCUT2D eigenvalue weighted by molar-refractivity contribution is 7.89. The van der Waals surface area contributed by atoms with Gasteiger partial charge in [0.05, 0.1) is 15.5 Å². The normalized spacial score (nSPS) is 12.5. The van der Waals surface area contributed by atoms with Crippen LogP contribution in [0, 0.1) is 0 Å². The molecule has 1 aliphatic rings. The molecule has 0 saturated carbocycles. The molecule has 30 heavy (non-hydrogen) atoms. The molecule has 154 valence electrons. The summed E-state index contributed by atoms with van der Waals surface area (Å²) in [5.74, 6) is -0.465. The Morgan fingerprint density at radius 2 is 1.70 bits per heavy atom. The molecular formula is C23H21ClN2O3S. The van der Waals surface area contributed by atoms with Gasteiger partial charge in [-0.2, -0.15) is 0 Å². The molecule has 0 spiro atoms. The third kappa shape index (κ3) is 3.99. The van der Waals surface area contributed by atoms with Crippen LogP contribution < -0.4 is 10.0 Å². The zero-order valence-corrected chi connectivity index (χ0v) is 18.1. The first-order valence-electron chi connectivity index (χ1n) is 9.59. The standard InChI is InChI=1S/C23H21ClN2O3S/c1-14(2)26-30(28,29)18-9-10-22(24)21(13-18)23(27)25-17-8-7-16-11-15-5-3-4-6-19(15)20(16)12-17/h3-10,12-14,26H,11H2,1-2H3,(H,25,27). The number of halogens is 1. The lowest BCUT2D eigenvalue weighted by atomic mass is 10.1. The highest BCUT2D eigenvalue weighted by Crippen LogP contribution is 2.38. The summed E-state index contributed by atoms with van der Waals surface area (Å²) in [5.41, 5.74) is 5.44. The fourth-order valence-corrected chi connectivity index (χ4v) is 5.10. The highest BCUT2D eigenvalue weighted by Gasteiger charge is 2.21. The predicted octanol–water partition coefficient (Wildman–Crippen LogP) is 4.85. The molecule has 0 bridgehead atoms. The molecule has 0 saturated heterocycles. The molecule has 0 atom stereocenters. The average Bonchev–Trinajstić information content (AvgIpc) is 3.05. The van der Waals surface area contributed by atoms with Crippen LogP contribution in [0.2, 0.25) is 5.02 Å². The molecule has 4 rings (SSSR count). The van der Waals surface area contributed by atoms with Crippen LogP contribution in [0.25, 0.3) is 11.1 Å². The first-order valence-corrected chi connectivity index (χ1v) is 11.4. The molecule has 5 nitrogen and oxygen atoms in total. The monoisotopic (exact) mass is 440 g/mol. The topological polar surface area (TPSA) is 75.3 Å². The molecule has 0 radical (unpaired) electrons. The van der Waals surface area contributed by atoms with E-state index >= 15 is 0 Å². The molecule has 3 aromatic carbocycles. The smallest absolute Gasteiger partial charge is 0.257 e. The zero-order chi connectivity index (χ0) is 21.5. The molecular weight excluding hydrogens is 420 g/mol. The second-order valence-corrected chi connectivity index (χ2v) is 9.70. The van der Waals surface area contributed by atoms with Crippen LogP contribution in [0.4, 0.5) is 5.69 Å². The van der Waals surface area contributed by atoms with E-state index in [0.717, 1.165) is 17.5 Å². The molecule has 3 aromatic rings. The number of hydrogen-bond donors (Lipinski definition) is 2. The number of rotatable bonds is 5. The Labute approximate surface area is 181 Å². The Kier molecular flexibility index (Phi) is 5.40. The van der Waals surface area contributed by atoms with Gasteiger partial charge in [0.1, 0.15) is 0 Å². The molecule has 1 amide bonds.